The molecule has 1 atom stereocenters. The number of carbonyl (C=O) groups excluding carboxylic acids is 1. The van der Waals surface area contributed by atoms with E-state index < -0.39 is 23.4 Å². The van der Waals surface area contributed by atoms with E-state index in [0.29, 0.717) is 5.56 Å². The van der Waals surface area contributed by atoms with E-state index >= 15 is 0 Å². The lowest BCUT2D eigenvalue weighted by Crippen LogP contribution is -2.31. The Morgan fingerprint density at radius 1 is 1.21 bits per heavy atom. The molecule has 19 heavy (non-hydrogen) atoms. The maximum Gasteiger partial charge on any atom is 0.333 e. The van der Waals surface area contributed by atoms with Crippen molar-refractivity contribution in [1.29, 1.82) is 0 Å². The van der Waals surface area contributed by atoms with Crippen LogP contribution in [0.3, 0.4) is 0 Å². The van der Waals surface area contributed by atoms with Crippen LogP contribution < -0.4 is 5.56 Å². The van der Waals surface area contributed by atoms with Gasteiger partial charge in [0, 0.05) is 12.3 Å². The molecular formula is C14H12FNO3. The molecule has 4 nitrogen and oxygen atoms in total. The second-order valence-electron chi connectivity index (χ2n) is 3.93. The summed E-state index contributed by atoms with van der Waals surface area (Å²) in [5.74, 6) is -1.22. The Hall–Kier alpha value is -2.43. The van der Waals surface area contributed by atoms with Crippen molar-refractivity contribution in [3.05, 3.63) is 70.4 Å². The van der Waals surface area contributed by atoms with Crippen molar-refractivity contribution < 1.29 is 13.9 Å². The molecule has 0 aliphatic heterocycles. The van der Waals surface area contributed by atoms with Gasteiger partial charge in [-0.1, -0.05) is 30.3 Å². The van der Waals surface area contributed by atoms with Gasteiger partial charge in [0.2, 0.25) is 0 Å². The highest BCUT2D eigenvalue weighted by atomic mass is 19.1. The third-order valence-corrected chi connectivity index (χ3v) is 2.72. The van der Waals surface area contributed by atoms with Crippen molar-refractivity contribution in [3.63, 3.8) is 0 Å². The lowest BCUT2D eigenvalue weighted by atomic mass is 10.1. The Bertz CT molecular complexity index is 637. The highest BCUT2D eigenvalue weighted by molar-refractivity contribution is 5.78. The van der Waals surface area contributed by atoms with Crippen LogP contribution in [-0.4, -0.2) is 17.6 Å². The maximum atomic E-state index is 13.3. The van der Waals surface area contributed by atoms with Crippen molar-refractivity contribution in [3.8, 4) is 0 Å². The number of halogens is 1. The molecule has 1 unspecified atom stereocenters. The van der Waals surface area contributed by atoms with E-state index in [4.69, 9.17) is 4.74 Å². The quantitative estimate of drug-likeness (QED) is 0.791. The standard InChI is InChI=1S/C14H12FNO3/c1-19-14(18)13(10-5-3-2-4-6-10)16-9-11(15)7-8-12(16)17/h2-9,13H,1H3. The Morgan fingerprint density at radius 3 is 2.53 bits per heavy atom. The summed E-state index contributed by atoms with van der Waals surface area (Å²) in [4.78, 5) is 23.7. The van der Waals surface area contributed by atoms with Gasteiger partial charge in [-0.25, -0.2) is 9.18 Å². The van der Waals surface area contributed by atoms with Crippen LogP contribution in [0.25, 0.3) is 0 Å². The number of pyridine rings is 1. The van der Waals surface area contributed by atoms with Crippen LogP contribution in [0, 0.1) is 5.82 Å². The number of carbonyl (C=O) groups is 1. The first kappa shape index (κ1) is 13.0. The maximum absolute atomic E-state index is 13.3. The fraction of sp³-hybridized carbons (Fsp3) is 0.143. The molecule has 0 spiro atoms. The average Bonchev–Trinajstić information content (AvgIpc) is 2.44. The highest BCUT2D eigenvalue weighted by Crippen LogP contribution is 2.18. The summed E-state index contributed by atoms with van der Waals surface area (Å²) >= 11 is 0. The Labute approximate surface area is 109 Å². The molecular weight excluding hydrogens is 249 g/mol. The molecule has 0 N–H and O–H groups in total. The molecule has 2 aromatic rings. The van der Waals surface area contributed by atoms with Gasteiger partial charge in [0.1, 0.15) is 5.82 Å². The van der Waals surface area contributed by atoms with Gasteiger partial charge in [-0.05, 0) is 11.6 Å². The zero-order valence-electron chi connectivity index (χ0n) is 10.2. The van der Waals surface area contributed by atoms with Crippen molar-refractivity contribution in [2.75, 3.05) is 7.11 Å². The van der Waals surface area contributed by atoms with Crippen LogP contribution >= 0.6 is 0 Å². The zero-order valence-corrected chi connectivity index (χ0v) is 10.2. The molecule has 0 fully saturated rings. The van der Waals surface area contributed by atoms with Crippen LogP contribution in [0.4, 0.5) is 4.39 Å². The van der Waals surface area contributed by atoms with E-state index in [1.165, 1.54) is 7.11 Å². The SMILES string of the molecule is COC(=O)C(c1ccccc1)n1cc(F)ccc1=O. The van der Waals surface area contributed by atoms with Crippen LogP contribution in [-0.2, 0) is 9.53 Å². The van der Waals surface area contributed by atoms with Gasteiger partial charge >= 0.3 is 5.97 Å². The molecule has 0 aliphatic carbocycles. The number of methoxy groups -OCH3 is 1. The summed E-state index contributed by atoms with van der Waals surface area (Å²) in [7, 11) is 1.22. The van der Waals surface area contributed by atoms with Crippen molar-refractivity contribution in [2.24, 2.45) is 0 Å². The largest absolute Gasteiger partial charge is 0.467 e. The van der Waals surface area contributed by atoms with Crippen molar-refractivity contribution >= 4 is 5.97 Å². The fourth-order valence-electron chi connectivity index (χ4n) is 1.84. The molecule has 2 rings (SSSR count). The van der Waals surface area contributed by atoms with Crippen LogP contribution in [0.5, 0.6) is 0 Å². The molecule has 98 valence electrons. The lowest BCUT2D eigenvalue weighted by molar-refractivity contribution is -0.143. The van der Waals surface area contributed by atoms with E-state index in [9.17, 15) is 14.0 Å². The van der Waals surface area contributed by atoms with E-state index in [1.54, 1.807) is 30.3 Å². The van der Waals surface area contributed by atoms with Crippen molar-refractivity contribution in [1.82, 2.24) is 4.57 Å². The smallest absolute Gasteiger partial charge is 0.333 e. The first-order chi connectivity index (χ1) is 9.13. The number of aromatic nitrogens is 1. The summed E-state index contributed by atoms with van der Waals surface area (Å²) in [5.41, 5.74) is 0.0858. The van der Waals surface area contributed by atoms with Crippen LogP contribution in [0.1, 0.15) is 11.6 Å². The first-order valence-corrected chi connectivity index (χ1v) is 5.64. The van der Waals surface area contributed by atoms with Crippen LogP contribution in [0.2, 0.25) is 0 Å². The normalized spacial score (nSPS) is 11.9. The third-order valence-electron chi connectivity index (χ3n) is 2.72. The first-order valence-electron chi connectivity index (χ1n) is 5.64. The second kappa shape index (κ2) is 5.48. The zero-order chi connectivity index (χ0) is 13.8. The minimum Gasteiger partial charge on any atom is -0.467 e. The number of ether oxygens (including phenoxy) is 1. The van der Waals surface area contributed by atoms with E-state index in [2.05, 4.69) is 0 Å². The molecule has 0 radical (unpaired) electrons. The molecule has 5 heteroatoms. The molecule has 1 heterocycles. The Kier molecular flexibility index (Phi) is 3.75. The lowest BCUT2D eigenvalue weighted by Gasteiger charge is -2.17. The van der Waals surface area contributed by atoms with Gasteiger partial charge in [0.05, 0.1) is 7.11 Å². The van der Waals surface area contributed by atoms with E-state index in [0.717, 1.165) is 22.9 Å². The average molecular weight is 261 g/mol. The number of esters is 1. The predicted molar refractivity (Wildman–Crippen MR) is 67.3 cm³/mol. The third kappa shape index (κ3) is 2.70. The summed E-state index contributed by atoms with van der Waals surface area (Å²) in [6.07, 6.45) is 0.997. The molecule has 0 saturated heterocycles. The number of hydrogen-bond acceptors (Lipinski definition) is 3. The fourth-order valence-corrected chi connectivity index (χ4v) is 1.84. The second-order valence-corrected chi connectivity index (χ2v) is 3.93. The molecule has 0 saturated carbocycles. The number of hydrogen-bond donors (Lipinski definition) is 0. The predicted octanol–water partition coefficient (Wildman–Crippen LogP) is 1.75. The monoisotopic (exact) mass is 261 g/mol. The van der Waals surface area contributed by atoms with Gasteiger partial charge in [-0.2, -0.15) is 0 Å². The van der Waals surface area contributed by atoms with Gasteiger partial charge in [-0.3, -0.25) is 9.36 Å². The number of nitrogens with zero attached hydrogens (tertiary/aromatic N) is 1. The van der Waals surface area contributed by atoms with Crippen LogP contribution in [0.15, 0.2) is 53.5 Å². The molecule has 1 aromatic heterocycles. The topological polar surface area (TPSA) is 48.3 Å². The van der Waals surface area contributed by atoms with Gasteiger partial charge in [-0.15, -0.1) is 0 Å². The van der Waals surface area contributed by atoms with E-state index in [1.807, 2.05) is 0 Å². The Morgan fingerprint density at radius 2 is 1.89 bits per heavy atom. The minimum atomic E-state index is -0.991. The summed E-state index contributed by atoms with van der Waals surface area (Å²) in [6.45, 7) is 0. The molecule has 1 aromatic carbocycles. The van der Waals surface area contributed by atoms with E-state index in [-0.39, 0.29) is 0 Å². The van der Waals surface area contributed by atoms with Gasteiger partial charge in [0.15, 0.2) is 6.04 Å². The summed E-state index contributed by atoms with van der Waals surface area (Å²) in [6, 6.07) is 9.75. The molecule has 0 amide bonds. The highest BCUT2D eigenvalue weighted by Gasteiger charge is 2.24. The summed E-state index contributed by atoms with van der Waals surface area (Å²) < 4.78 is 19.0. The minimum absolute atomic E-state index is 0.472. The van der Waals surface area contributed by atoms with Gasteiger partial charge in [0.25, 0.3) is 5.56 Å². The molecule has 0 bridgehead atoms. The Balaban J connectivity index is 2.59. The van der Waals surface area contributed by atoms with Crippen molar-refractivity contribution in [2.45, 2.75) is 6.04 Å². The summed E-state index contributed by atoms with van der Waals surface area (Å²) in [5, 5.41) is 0. The number of benzene rings is 1. The molecule has 0 aliphatic rings. The number of rotatable bonds is 3. The van der Waals surface area contributed by atoms with Gasteiger partial charge < -0.3 is 4.74 Å².